The average molecular weight is 417 g/mol. The van der Waals surface area contributed by atoms with Crippen LogP contribution in [0.1, 0.15) is 24.2 Å². The van der Waals surface area contributed by atoms with Gasteiger partial charge in [0.15, 0.2) is 0 Å². The molecule has 2 aliphatic rings. The van der Waals surface area contributed by atoms with Gasteiger partial charge in [-0.2, -0.15) is 4.31 Å². The van der Waals surface area contributed by atoms with E-state index in [1.165, 1.54) is 10.00 Å². The van der Waals surface area contributed by atoms with Crippen molar-refractivity contribution in [2.45, 2.75) is 31.3 Å². The number of fused-ring (bicyclic) bond motifs is 1. The fourth-order valence-corrected chi connectivity index (χ4v) is 5.61. The number of nitrogens with zero attached hydrogens (tertiary/aromatic N) is 4. The van der Waals surface area contributed by atoms with Crippen LogP contribution in [0.4, 0.5) is 0 Å². The molecule has 3 heterocycles. The first-order valence-electron chi connectivity index (χ1n) is 10.1. The highest BCUT2D eigenvalue weighted by Gasteiger charge is 2.32. The number of sulfonamides is 1. The molecule has 1 aromatic carbocycles. The Morgan fingerprint density at radius 3 is 2.38 bits per heavy atom. The van der Waals surface area contributed by atoms with Gasteiger partial charge in [0.1, 0.15) is 0 Å². The summed E-state index contributed by atoms with van der Waals surface area (Å²) in [5.74, 6) is 0.111. The largest absolute Gasteiger partial charge is 0.348 e. The molecule has 4 rings (SSSR count). The van der Waals surface area contributed by atoms with E-state index < -0.39 is 10.0 Å². The van der Waals surface area contributed by atoms with Gasteiger partial charge in [-0.25, -0.2) is 8.42 Å². The zero-order valence-electron chi connectivity index (χ0n) is 17.0. The fourth-order valence-electron chi connectivity index (χ4n) is 4.19. The van der Waals surface area contributed by atoms with Crippen LogP contribution in [0.15, 0.2) is 47.5 Å². The maximum absolute atomic E-state index is 12.9. The van der Waals surface area contributed by atoms with E-state index in [0.29, 0.717) is 44.2 Å². The third kappa shape index (κ3) is 3.97. The lowest BCUT2D eigenvalue weighted by atomic mass is 10.1. The Morgan fingerprint density at radius 2 is 1.69 bits per heavy atom. The Labute approximate surface area is 172 Å². The van der Waals surface area contributed by atoms with Crippen molar-refractivity contribution in [2.75, 3.05) is 39.3 Å². The highest BCUT2D eigenvalue weighted by molar-refractivity contribution is 7.89. The molecule has 0 aliphatic carbocycles. The van der Waals surface area contributed by atoms with E-state index in [2.05, 4.69) is 28.7 Å². The second kappa shape index (κ2) is 7.93. The third-order valence-corrected chi connectivity index (χ3v) is 7.92. The van der Waals surface area contributed by atoms with Gasteiger partial charge < -0.3 is 9.47 Å². The number of piperazine rings is 1. The standard InChI is InChI=1S/C21H28N4O3S/c1-17-5-7-19(8-6-17)29(27,28)24-13-10-22(11-14-24)16-21(26)25-15-12-23-9-3-4-20(23)18(25)2/h3-9,18H,10-16H2,1-2H3. The summed E-state index contributed by atoms with van der Waals surface area (Å²) >= 11 is 0. The minimum Gasteiger partial charge on any atom is -0.348 e. The van der Waals surface area contributed by atoms with E-state index in [-0.39, 0.29) is 11.9 Å². The summed E-state index contributed by atoms with van der Waals surface area (Å²) in [4.78, 5) is 17.2. The molecule has 1 saturated heterocycles. The SMILES string of the molecule is Cc1ccc(S(=O)(=O)N2CCN(CC(=O)N3CCn4cccc4C3C)CC2)cc1. The lowest BCUT2D eigenvalue weighted by Gasteiger charge is -2.38. The lowest BCUT2D eigenvalue weighted by Crippen LogP contribution is -2.52. The molecule has 0 spiro atoms. The smallest absolute Gasteiger partial charge is 0.243 e. The molecule has 1 unspecified atom stereocenters. The Balaban J connectivity index is 1.34. The normalized spacial score (nSPS) is 21.2. The summed E-state index contributed by atoms with van der Waals surface area (Å²) in [6, 6.07) is 11.1. The van der Waals surface area contributed by atoms with Gasteiger partial charge >= 0.3 is 0 Å². The molecule has 0 bridgehead atoms. The number of carbonyl (C=O) groups is 1. The van der Waals surface area contributed by atoms with Crippen LogP contribution in [-0.4, -0.2) is 72.3 Å². The Hall–Kier alpha value is -2.16. The number of rotatable bonds is 4. The quantitative estimate of drug-likeness (QED) is 0.761. The van der Waals surface area contributed by atoms with Crippen LogP contribution in [0.25, 0.3) is 0 Å². The van der Waals surface area contributed by atoms with Crippen LogP contribution in [0.2, 0.25) is 0 Å². The molecule has 7 nitrogen and oxygen atoms in total. The van der Waals surface area contributed by atoms with Crippen molar-refractivity contribution in [3.8, 4) is 0 Å². The van der Waals surface area contributed by atoms with Gasteiger partial charge in [0.2, 0.25) is 15.9 Å². The monoisotopic (exact) mass is 416 g/mol. The van der Waals surface area contributed by atoms with Crippen molar-refractivity contribution >= 4 is 15.9 Å². The topological polar surface area (TPSA) is 65.9 Å². The van der Waals surface area contributed by atoms with Crippen LogP contribution in [0.3, 0.4) is 0 Å². The molecular weight excluding hydrogens is 388 g/mol. The van der Waals surface area contributed by atoms with Gasteiger partial charge in [-0.05, 0) is 38.1 Å². The van der Waals surface area contributed by atoms with E-state index >= 15 is 0 Å². The molecule has 2 aliphatic heterocycles. The van der Waals surface area contributed by atoms with Gasteiger partial charge in [0, 0.05) is 51.2 Å². The van der Waals surface area contributed by atoms with Gasteiger partial charge in [-0.1, -0.05) is 17.7 Å². The molecule has 1 amide bonds. The van der Waals surface area contributed by atoms with Crippen LogP contribution in [0.5, 0.6) is 0 Å². The van der Waals surface area contributed by atoms with Crippen LogP contribution in [0, 0.1) is 6.92 Å². The predicted molar refractivity (Wildman–Crippen MR) is 111 cm³/mol. The average Bonchev–Trinajstić information content (AvgIpc) is 3.19. The molecule has 0 N–H and O–H groups in total. The van der Waals surface area contributed by atoms with E-state index in [1.807, 2.05) is 30.0 Å². The minimum absolute atomic E-state index is 0.0643. The third-order valence-electron chi connectivity index (χ3n) is 6.01. The molecule has 1 aromatic heterocycles. The summed E-state index contributed by atoms with van der Waals surface area (Å²) in [6.45, 7) is 7.81. The molecule has 0 saturated carbocycles. The van der Waals surface area contributed by atoms with E-state index in [4.69, 9.17) is 0 Å². The van der Waals surface area contributed by atoms with E-state index in [9.17, 15) is 13.2 Å². The number of aromatic nitrogens is 1. The molecule has 29 heavy (non-hydrogen) atoms. The highest BCUT2D eigenvalue weighted by Crippen LogP contribution is 2.25. The summed E-state index contributed by atoms with van der Waals surface area (Å²) in [7, 11) is -3.48. The van der Waals surface area contributed by atoms with Crippen molar-refractivity contribution in [2.24, 2.45) is 0 Å². The summed E-state index contributed by atoms with van der Waals surface area (Å²) in [5, 5.41) is 0. The van der Waals surface area contributed by atoms with Gasteiger partial charge in [-0.3, -0.25) is 9.69 Å². The number of amides is 1. The molecule has 0 radical (unpaired) electrons. The maximum Gasteiger partial charge on any atom is 0.243 e. The van der Waals surface area contributed by atoms with Gasteiger partial charge in [0.05, 0.1) is 17.5 Å². The van der Waals surface area contributed by atoms with E-state index in [1.54, 1.807) is 12.1 Å². The number of hydrogen-bond acceptors (Lipinski definition) is 4. The number of carbonyl (C=O) groups excluding carboxylic acids is 1. The number of benzene rings is 1. The fraction of sp³-hybridized carbons (Fsp3) is 0.476. The number of hydrogen-bond donors (Lipinski definition) is 0. The van der Waals surface area contributed by atoms with Crippen molar-refractivity contribution in [3.63, 3.8) is 0 Å². The second-order valence-electron chi connectivity index (χ2n) is 7.88. The molecule has 2 aromatic rings. The predicted octanol–water partition coefficient (Wildman–Crippen LogP) is 1.71. The Kier molecular flexibility index (Phi) is 5.50. The summed E-state index contributed by atoms with van der Waals surface area (Å²) in [6.07, 6.45) is 2.06. The van der Waals surface area contributed by atoms with Crippen LogP contribution < -0.4 is 0 Å². The van der Waals surface area contributed by atoms with Gasteiger partial charge in [0.25, 0.3) is 0 Å². The zero-order chi connectivity index (χ0) is 20.6. The summed E-state index contributed by atoms with van der Waals surface area (Å²) < 4.78 is 29.4. The Bertz CT molecular complexity index is 976. The van der Waals surface area contributed by atoms with Crippen molar-refractivity contribution in [1.82, 2.24) is 18.7 Å². The Morgan fingerprint density at radius 1 is 1.00 bits per heavy atom. The molecule has 8 heteroatoms. The maximum atomic E-state index is 12.9. The molecule has 1 atom stereocenters. The summed E-state index contributed by atoms with van der Waals surface area (Å²) in [5.41, 5.74) is 2.20. The van der Waals surface area contributed by atoms with Crippen LogP contribution in [-0.2, 0) is 21.4 Å². The van der Waals surface area contributed by atoms with Gasteiger partial charge in [-0.15, -0.1) is 0 Å². The minimum atomic E-state index is -3.48. The second-order valence-corrected chi connectivity index (χ2v) is 9.82. The molecule has 1 fully saturated rings. The van der Waals surface area contributed by atoms with Crippen molar-refractivity contribution in [1.29, 1.82) is 0 Å². The first-order chi connectivity index (χ1) is 13.9. The molecular formula is C21H28N4O3S. The van der Waals surface area contributed by atoms with E-state index in [0.717, 1.165) is 12.1 Å². The van der Waals surface area contributed by atoms with Crippen molar-refractivity contribution < 1.29 is 13.2 Å². The van der Waals surface area contributed by atoms with Crippen LogP contribution >= 0.6 is 0 Å². The zero-order valence-corrected chi connectivity index (χ0v) is 17.8. The first kappa shape index (κ1) is 20.1. The number of aryl methyl sites for hydroxylation is 1. The van der Waals surface area contributed by atoms with Crippen molar-refractivity contribution in [3.05, 3.63) is 53.9 Å². The molecule has 156 valence electrons. The highest BCUT2D eigenvalue weighted by atomic mass is 32.2. The lowest BCUT2D eigenvalue weighted by molar-refractivity contribution is -0.135. The first-order valence-corrected chi connectivity index (χ1v) is 11.5.